The van der Waals surface area contributed by atoms with Gasteiger partial charge < -0.3 is 0 Å². The molecule has 0 spiro atoms. The first-order valence-electron chi connectivity index (χ1n) is 6.11. The van der Waals surface area contributed by atoms with Gasteiger partial charge in [-0.05, 0) is 36.6 Å². The largest absolute Gasteiger partial charge is 0.264 e. The highest BCUT2D eigenvalue weighted by atomic mass is 35.5. The van der Waals surface area contributed by atoms with E-state index in [9.17, 15) is 10.1 Å². The summed E-state index contributed by atoms with van der Waals surface area (Å²) in [5.41, 5.74) is 0.0257. The van der Waals surface area contributed by atoms with Gasteiger partial charge in [-0.3, -0.25) is 10.1 Å². The lowest BCUT2D eigenvalue weighted by Gasteiger charge is -2.29. The highest BCUT2D eigenvalue weighted by Crippen LogP contribution is 2.35. The van der Waals surface area contributed by atoms with Gasteiger partial charge in [-0.1, -0.05) is 29.6 Å². The van der Waals surface area contributed by atoms with Crippen LogP contribution in [0.5, 0.6) is 0 Å². The standard InChI is InChI=1S/C13H15Cl2NO2/c14-11-6-10(7-12(15)8-11)9-13(16(17)18)4-2-1-3-5-13/h6-8H,1-5,9H2. The number of rotatable bonds is 3. The van der Waals surface area contributed by atoms with E-state index in [0.717, 1.165) is 24.8 Å². The third kappa shape index (κ3) is 2.96. The van der Waals surface area contributed by atoms with E-state index < -0.39 is 5.54 Å². The zero-order valence-electron chi connectivity index (χ0n) is 9.99. The molecule has 0 amide bonds. The minimum atomic E-state index is -0.827. The fourth-order valence-electron chi connectivity index (χ4n) is 2.73. The summed E-state index contributed by atoms with van der Waals surface area (Å²) in [6, 6.07) is 5.19. The fourth-order valence-corrected chi connectivity index (χ4v) is 3.30. The Labute approximate surface area is 116 Å². The van der Waals surface area contributed by atoms with Crippen LogP contribution in [-0.4, -0.2) is 10.5 Å². The molecule has 0 unspecified atom stereocenters. The first kappa shape index (κ1) is 13.6. The Hall–Kier alpha value is -0.800. The molecule has 1 saturated carbocycles. The summed E-state index contributed by atoms with van der Waals surface area (Å²) in [6.07, 6.45) is 4.64. The Balaban J connectivity index is 2.25. The second-order valence-corrected chi connectivity index (χ2v) is 5.87. The lowest BCUT2D eigenvalue weighted by Crippen LogP contribution is -2.42. The molecule has 0 radical (unpaired) electrons. The molecule has 0 heterocycles. The van der Waals surface area contributed by atoms with E-state index in [0.29, 0.717) is 29.3 Å². The fraction of sp³-hybridized carbons (Fsp3) is 0.538. The van der Waals surface area contributed by atoms with Crippen LogP contribution in [0.25, 0.3) is 0 Å². The number of benzene rings is 1. The molecule has 0 bridgehead atoms. The van der Waals surface area contributed by atoms with Crippen molar-refractivity contribution in [1.82, 2.24) is 0 Å². The number of nitro groups is 1. The smallest absolute Gasteiger partial charge is 0.226 e. The highest BCUT2D eigenvalue weighted by molar-refractivity contribution is 6.34. The van der Waals surface area contributed by atoms with E-state index in [1.165, 1.54) is 0 Å². The second-order valence-electron chi connectivity index (χ2n) is 5.00. The van der Waals surface area contributed by atoms with Crippen molar-refractivity contribution in [3.63, 3.8) is 0 Å². The average molecular weight is 288 g/mol. The molecule has 2 rings (SSSR count). The van der Waals surface area contributed by atoms with E-state index in [1.54, 1.807) is 18.2 Å². The Morgan fingerprint density at radius 2 is 1.67 bits per heavy atom. The van der Waals surface area contributed by atoms with E-state index in [4.69, 9.17) is 23.2 Å². The van der Waals surface area contributed by atoms with E-state index in [-0.39, 0.29) is 4.92 Å². The molecule has 1 aromatic carbocycles. The SMILES string of the molecule is O=[N+]([O-])C1(Cc2cc(Cl)cc(Cl)c2)CCCCC1. The number of hydrogen-bond acceptors (Lipinski definition) is 2. The lowest BCUT2D eigenvalue weighted by molar-refractivity contribution is -0.574. The van der Waals surface area contributed by atoms with Gasteiger partial charge in [-0.2, -0.15) is 0 Å². The third-order valence-corrected chi connectivity index (χ3v) is 4.06. The van der Waals surface area contributed by atoms with Gasteiger partial charge >= 0.3 is 0 Å². The van der Waals surface area contributed by atoms with Crippen LogP contribution in [0.4, 0.5) is 0 Å². The molecule has 0 aliphatic heterocycles. The summed E-state index contributed by atoms with van der Waals surface area (Å²) in [7, 11) is 0. The molecular weight excluding hydrogens is 273 g/mol. The molecule has 5 heteroatoms. The highest BCUT2D eigenvalue weighted by Gasteiger charge is 2.43. The summed E-state index contributed by atoms with van der Waals surface area (Å²) < 4.78 is 0. The molecule has 0 aromatic heterocycles. The monoisotopic (exact) mass is 287 g/mol. The molecule has 1 fully saturated rings. The second kappa shape index (κ2) is 5.45. The summed E-state index contributed by atoms with van der Waals surface area (Å²) >= 11 is 11.9. The minimum absolute atomic E-state index is 0.110. The Morgan fingerprint density at radius 1 is 1.11 bits per heavy atom. The Kier molecular flexibility index (Phi) is 4.13. The van der Waals surface area contributed by atoms with Crippen LogP contribution in [0.3, 0.4) is 0 Å². The number of halogens is 2. The molecule has 0 atom stereocenters. The Bertz CT molecular complexity index is 436. The van der Waals surface area contributed by atoms with Gasteiger partial charge in [0.1, 0.15) is 0 Å². The van der Waals surface area contributed by atoms with Crippen LogP contribution in [-0.2, 0) is 6.42 Å². The zero-order chi connectivity index (χ0) is 13.2. The van der Waals surface area contributed by atoms with E-state index in [2.05, 4.69) is 0 Å². The topological polar surface area (TPSA) is 43.1 Å². The molecule has 1 aromatic rings. The number of nitrogens with zero attached hydrogens (tertiary/aromatic N) is 1. The van der Waals surface area contributed by atoms with Crippen molar-refractivity contribution in [2.24, 2.45) is 0 Å². The molecular formula is C13H15Cl2NO2. The molecule has 1 aliphatic rings. The zero-order valence-corrected chi connectivity index (χ0v) is 11.5. The predicted octanol–water partition coefficient (Wildman–Crippen LogP) is 4.52. The summed E-state index contributed by atoms with van der Waals surface area (Å²) in [6.45, 7) is 0. The van der Waals surface area contributed by atoms with Crippen LogP contribution in [0.15, 0.2) is 18.2 Å². The van der Waals surface area contributed by atoms with Gasteiger partial charge in [0.25, 0.3) is 0 Å². The first-order chi connectivity index (χ1) is 8.52. The van der Waals surface area contributed by atoms with Crippen molar-refractivity contribution in [2.45, 2.75) is 44.1 Å². The maximum atomic E-state index is 11.4. The van der Waals surface area contributed by atoms with Gasteiger partial charge in [0, 0.05) is 34.2 Å². The van der Waals surface area contributed by atoms with Crippen LogP contribution in [0, 0.1) is 10.1 Å². The third-order valence-electron chi connectivity index (χ3n) is 3.63. The number of hydrogen-bond donors (Lipinski definition) is 0. The van der Waals surface area contributed by atoms with Gasteiger partial charge in [0.2, 0.25) is 5.54 Å². The van der Waals surface area contributed by atoms with Gasteiger partial charge in [-0.15, -0.1) is 0 Å². The molecule has 1 aliphatic carbocycles. The van der Waals surface area contributed by atoms with Crippen molar-refractivity contribution in [3.05, 3.63) is 43.9 Å². The first-order valence-corrected chi connectivity index (χ1v) is 6.87. The lowest BCUT2D eigenvalue weighted by atomic mass is 9.78. The average Bonchev–Trinajstić information content (AvgIpc) is 2.28. The molecule has 3 nitrogen and oxygen atoms in total. The van der Waals surface area contributed by atoms with Crippen LogP contribution >= 0.6 is 23.2 Å². The molecule has 18 heavy (non-hydrogen) atoms. The molecule has 0 N–H and O–H groups in total. The molecule has 0 saturated heterocycles. The molecule has 98 valence electrons. The van der Waals surface area contributed by atoms with Gasteiger partial charge in [0.15, 0.2) is 0 Å². The summed E-state index contributed by atoms with van der Waals surface area (Å²) in [5, 5.41) is 12.5. The maximum absolute atomic E-state index is 11.4. The van der Waals surface area contributed by atoms with Crippen LogP contribution in [0.2, 0.25) is 10.0 Å². The van der Waals surface area contributed by atoms with Crippen LogP contribution in [0.1, 0.15) is 37.7 Å². The normalized spacial score (nSPS) is 18.6. The minimum Gasteiger partial charge on any atom is -0.264 e. The van der Waals surface area contributed by atoms with E-state index >= 15 is 0 Å². The quantitative estimate of drug-likeness (QED) is 0.606. The Morgan fingerprint density at radius 3 is 2.17 bits per heavy atom. The van der Waals surface area contributed by atoms with Gasteiger partial charge in [-0.25, -0.2) is 0 Å². The van der Waals surface area contributed by atoms with Crippen molar-refractivity contribution < 1.29 is 4.92 Å². The summed E-state index contributed by atoms with van der Waals surface area (Å²) in [4.78, 5) is 11.3. The predicted molar refractivity (Wildman–Crippen MR) is 73.0 cm³/mol. The van der Waals surface area contributed by atoms with Crippen molar-refractivity contribution >= 4 is 23.2 Å². The summed E-state index contributed by atoms with van der Waals surface area (Å²) in [5.74, 6) is 0. The van der Waals surface area contributed by atoms with Crippen molar-refractivity contribution in [3.8, 4) is 0 Å². The van der Waals surface area contributed by atoms with Crippen molar-refractivity contribution in [1.29, 1.82) is 0 Å². The van der Waals surface area contributed by atoms with E-state index in [1.807, 2.05) is 0 Å². The van der Waals surface area contributed by atoms with Crippen molar-refractivity contribution in [2.75, 3.05) is 0 Å². The van der Waals surface area contributed by atoms with Gasteiger partial charge in [0.05, 0.1) is 0 Å². The maximum Gasteiger partial charge on any atom is 0.226 e. The van der Waals surface area contributed by atoms with Crippen LogP contribution < -0.4 is 0 Å².